The molecule has 49 heavy (non-hydrogen) atoms. The minimum atomic E-state index is -4.27. The van der Waals surface area contributed by atoms with Gasteiger partial charge in [-0.1, -0.05) is 115 Å². The van der Waals surface area contributed by atoms with E-state index in [9.17, 15) is 13.0 Å². The minimum Gasteiger partial charge on any atom is -0.744 e. The normalized spacial score (nSPS) is 11.3. The molecule has 250 valence electrons. The Morgan fingerprint density at radius 3 is 1.55 bits per heavy atom. The molecular formula is C43H43O4PS. The van der Waals surface area contributed by atoms with Crippen molar-refractivity contribution in [1.29, 1.82) is 0 Å². The second kappa shape index (κ2) is 17.7. The molecule has 6 aromatic rings. The third-order valence-corrected chi connectivity index (χ3v) is 13.8. The Labute approximate surface area is 292 Å². The van der Waals surface area contributed by atoms with Gasteiger partial charge in [0.15, 0.2) is 0 Å². The second-order valence-corrected chi connectivity index (χ2v) is 17.0. The van der Waals surface area contributed by atoms with Crippen molar-refractivity contribution in [2.75, 3.05) is 12.8 Å². The van der Waals surface area contributed by atoms with Crippen molar-refractivity contribution in [2.24, 2.45) is 0 Å². The van der Waals surface area contributed by atoms with Crippen molar-refractivity contribution in [3.8, 4) is 5.75 Å². The summed E-state index contributed by atoms with van der Waals surface area (Å²) in [5.74, 6) is 0.977. The van der Waals surface area contributed by atoms with Crippen LogP contribution in [0.25, 0.3) is 0 Å². The summed E-state index contributed by atoms with van der Waals surface area (Å²) in [6.07, 6.45) is 5.38. The Balaban J connectivity index is 0.000000363. The molecule has 0 saturated heterocycles. The Bertz CT molecular complexity index is 1850. The van der Waals surface area contributed by atoms with Crippen LogP contribution in [0.5, 0.6) is 5.75 Å². The average molecular weight is 687 g/mol. The van der Waals surface area contributed by atoms with Crippen LogP contribution in [-0.4, -0.2) is 25.7 Å². The summed E-state index contributed by atoms with van der Waals surface area (Å²) < 4.78 is 37.3. The van der Waals surface area contributed by atoms with Crippen molar-refractivity contribution >= 4 is 33.3 Å². The summed E-state index contributed by atoms with van der Waals surface area (Å²) in [7, 11) is -6.10. The van der Waals surface area contributed by atoms with Gasteiger partial charge in [-0.2, -0.15) is 0 Å². The van der Waals surface area contributed by atoms with Crippen LogP contribution in [0.4, 0.5) is 0 Å². The molecule has 0 spiro atoms. The van der Waals surface area contributed by atoms with Gasteiger partial charge in [-0.3, -0.25) is 0 Å². The highest BCUT2D eigenvalue weighted by Gasteiger charge is 2.44. The van der Waals surface area contributed by atoms with Crippen molar-refractivity contribution in [1.82, 2.24) is 0 Å². The molecule has 0 fully saturated rings. The molecule has 6 aromatic carbocycles. The fourth-order valence-corrected chi connectivity index (χ4v) is 10.7. The van der Waals surface area contributed by atoms with Gasteiger partial charge < -0.3 is 9.29 Å². The predicted molar refractivity (Wildman–Crippen MR) is 204 cm³/mol. The van der Waals surface area contributed by atoms with E-state index in [2.05, 4.69) is 146 Å². The average Bonchev–Trinajstić information content (AvgIpc) is 3.14. The van der Waals surface area contributed by atoms with Gasteiger partial charge in [0.1, 0.15) is 39.0 Å². The zero-order valence-electron chi connectivity index (χ0n) is 27.9. The van der Waals surface area contributed by atoms with Crippen LogP contribution < -0.4 is 20.7 Å². The van der Waals surface area contributed by atoms with E-state index in [0.717, 1.165) is 49.8 Å². The second-order valence-electron chi connectivity index (χ2n) is 12.0. The van der Waals surface area contributed by atoms with Gasteiger partial charge in [0.05, 0.1) is 17.7 Å². The Hall–Kier alpha value is -4.54. The van der Waals surface area contributed by atoms with Gasteiger partial charge >= 0.3 is 0 Å². The molecular weight excluding hydrogens is 644 g/mol. The summed E-state index contributed by atoms with van der Waals surface area (Å²) in [5.41, 5.74) is 3.66. The third kappa shape index (κ3) is 10.2. The van der Waals surface area contributed by atoms with E-state index in [1.54, 1.807) is 12.1 Å². The maximum atomic E-state index is 10.4. The number of unbranched alkanes of at least 4 members (excludes halogenated alkanes) is 1. The lowest BCUT2D eigenvalue weighted by atomic mass is 10.1. The molecule has 0 atom stereocenters. The largest absolute Gasteiger partial charge is 0.744 e. The molecule has 0 aromatic heterocycles. The molecule has 0 aliphatic rings. The monoisotopic (exact) mass is 686 g/mol. The van der Waals surface area contributed by atoms with Gasteiger partial charge in [-0.05, 0) is 98.0 Å². The summed E-state index contributed by atoms with van der Waals surface area (Å²) in [6.45, 7) is 2.58. The third-order valence-electron chi connectivity index (χ3n) is 8.51. The predicted octanol–water partition coefficient (Wildman–Crippen LogP) is 8.52. The first-order valence-electron chi connectivity index (χ1n) is 16.7. The smallest absolute Gasteiger partial charge is 0.124 e. The molecule has 0 unspecified atom stereocenters. The Morgan fingerprint density at radius 2 is 1.04 bits per heavy atom. The number of benzene rings is 6. The summed E-state index contributed by atoms with van der Waals surface area (Å²) in [6, 6.07) is 58.6. The molecule has 0 saturated carbocycles. The topological polar surface area (TPSA) is 66.4 Å². The highest BCUT2D eigenvalue weighted by Crippen LogP contribution is 2.55. The molecule has 0 radical (unpaired) electrons. The van der Waals surface area contributed by atoms with Crippen LogP contribution in [0.15, 0.2) is 175 Å². The molecule has 6 heteroatoms. The van der Waals surface area contributed by atoms with E-state index in [4.69, 9.17) is 4.74 Å². The lowest BCUT2D eigenvalue weighted by Gasteiger charge is -2.27. The molecule has 0 heterocycles. The summed E-state index contributed by atoms with van der Waals surface area (Å²) in [5, 5.41) is 4.30. The van der Waals surface area contributed by atoms with Crippen molar-refractivity contribution in [3.05, 3.63) is 187 Å². The lowest BCUT2D eigenvalue weighted by Crippen LogP contribution is -2.34. The van der Waals surface area contributed by atoms with E-state index in [0.29, 0.717) is 0 Å². The van der Waals surface area contributed by atoms with Crippen LogP contribution in [0, 0.1) is 6.92 Å². The van der Waals surface area contributed by atoms with E-state index in [1.807, 2.05) is 6.92 Å². The number of rotatable bonds is 13. The molecule has 4 nitrogen and oxygen atoms in total. The first kappa shape index (κ1) is 35.8. The summed E-state index contributed by atoms with van der Waals surface area (Å²) >= 11 is 0. The van der Waals surface area contributed by atoms with Gasteiger partial charge in [-0.25, -0.2) is 8.42 Å². The van der Waals surface area contributed by atoms with Crippen LogP contribution in [0.2, 0.25) is 0 Å². The van der Waals surface area contributed by atoms with Crippen LogP contribution in [0.1, 0.15) is 29.5 Å². The Kier molecular flexibility index (Phi) is 12.9. The van der Waals surface area contributed by atoms with Crippen LogP contribution in [0.3, 0.4) is 0 Å². The zero-order chi connectivity index (χ0) is 34.4. The number of hydrogen-bond donors (Lipinski definition) is 0. The molecule has 6 rings (SSSR count). The highest BCUT2D eigenvalue weighted by atomic mass is 32.2. The van der Waals surface area contributed by atoms with Crippen LogP contribution >= 0.6 is 7.26 Å². The van der Waals surface area contributed by atoms with Crippen molar-refractivity contribution < 1.29 is 17.7 Å². The minimum absolute atomic E-state index is 0.178. The van der Waals surface area contributed by atoms with Gasteiger partial charge in [0.2, 0.25) is 0 Å². The maximum absolute atomic E-state index is 10.4. The van der Waals surface area contributed by atoms with Gasteiger partial charge in [-0.15, -0.1) is 0 Å². The quantitative estimate of drug-likeness (QED) is 0.0694. The van der Waals surface area contributed by atoms with E-state index < -0.39 is 17.4 Å². The fraction of sp³-hybridized carbons (Fsp3) is 0.163. The standard InChI is InChI=1S/C36H36OP.C7H8O3S/c1-5-16-31(17-6-1)18-13-14-28-37-33-20-15-19-32(30-33)27-29-38(34-21-7-2-8-22-34,35-23-9-3-10-24-35)36-25-11-4-12-26-36;1-6-2-4-7(5-3-6)11(8,9)10/h1-12,15-17,19-26,30H,13-14,18,27-29H2;2-5H,1H3,(H,8,9,10)/q+1;/p-1. The molecule has 0 N–H and O–H groups in total. The fourth-order valence-electron chi connectivity index (χ4n) is 5.94. The lowest BCUT2D eigenvalue weighted by molar-refractivity contribution is 0.306. The molecule has 0 aliphatic carbocycles. The number of aryl methyl sites for hydroxylation is 3. The first-order valence-corrected chi connectivity index (χ1v) is 20.1. The van der Waals surface area contributed by atoms with E-state index in [1.165, 1.54) is 39.2 Å². The van der Waals surface area contributed by atoms with Gasteiger partial charge in [0.25, 0.3) is 0 Å². The Morgan fingerprint density at radius 1 is 0.551 bits per heavy atom. The number of ether oxygens (including phenoxy) is 1. The molecule has 0 aliphatic heterocycles. The SMILES string of the molecule is Cc1ccc(S(=O)(=O)[O-])cc1.c1ccc(CCCCOc2cccc(CC[P+](c3ccccc3)(c3ccccc3)c3ccccc3)c2)cc1. The van der Waals surface area contributed by atoms with Crippen molar-refractivity contribution in [3.63, 3.8) is 0 Å². The van der Waals surface area contributed by atoms with Crippen LogP contribution in [-0.2, 0) is 23.0 Å². The van der Waals surface area contributed by atoms with E-state index >= 15 is 0 Å². The number of hydrogen-bond acceptors (Lipinski definition) is 4. The zero-order valence-corrected chi connectivity index (χ0v) is 29.6. The van der Waals surface area contributed by atoms with E-state index in [-0.39, 0.29) is 4.90 Å². The maximum Gasteiger partial charge on any atom is 0.124 e. The van der Waals surface area contributed by atoms with Crippen molar-refractivity contribution in [2.45, 2.75) is 37.5 Å². The molecule has 0 amide bonds. The first-order chi connectivity index (χ1) is 23.8. The molecule has 0 bridgehead atoms. The highest BCUT2D eigenvalue weighted by molar-refractivity contribution is 7.95. The van der Waals surface area contributed by atoms with Gasteiger partial charge in [0, 0.05) is 6.42 Å². The summed E-state index contributed by atoms with van der Waals surface area (Å²) in [4.78, 5) is -0.178.